The van der Waals surface area contributed by atoms with Gasteiger partial charge < -0.3 is 10.5 Å². The summed E-state index contributed by atoms with van der Waals surface area (Å²) in [5.74, 6) is 0.700. The molecule has 6 nitrogen and oxygen atoms in total. The third kappa shape index (κ3) is 4.73. The molecule has 0 spiro atoms. The first-order valence-corrected chi connectivity index (χ1v) is 7.09. The lowest BCUT2D eigenvalue weighted by atomic mass is 10.0. The number of hydroxylamine groups is 2. The lowest BCUT2D eigenvalue weighted by Crippen LogP contribution is -2.33. The van der Waals surface area contributed by atoms with Crippen LogP contribution in [0.2, 0.25) is 0 Å². The molecule has 0 aliphatic carbocycles. The second-order valence-electron chi connectivity index (χ2n) is 4.88. The molecule has 0 saturated heterocycles. The van der Waals surface area contributed by atoms with Gasteiger partial charge in [-0.2, -0.15) is 5.26 Å². The lowest BCUT2D eigenvalue weighted by Gasteiger charge is -2.12. The molecule has 2 rings (SSSR count). The number of nitrogens with two attached hydrogens (primary N) is 1. The number of hydrogen-bond acceptors (Lipinski definition) is 4. The van der Waals surface area contributed by atoms with Crippen molar-refractivity contribution in [3.05, 3.63) is 54.1 Å². The van der Waals surface area contributed by atoms with Gasteiger partial charge in [0.15, 0.2) is 0 Å². The largest absolute Gasteiger partial charge is 0.494 e. The van der Waals surface area contributed by atoms with Crippen molar-refractivity contribution in [3.63, 3.8) is 0 Å². The number of nitrogens with zero attached hydrogens (tertiary/aromatic N) is 2. The topological polar surface area (TPSA) is 99.6 Å². The molecular formula is C17H17N3O3. The van der Waals surface area contributed by atoms with Gasteiger partial charge in [-0.15, -0.1) is 0 Å². The quantitative estimate of drug-likeness (QED) is 0.486. The minimum atomic E-state index is -0.878. The minimum Gasteiger partial charge on any atom is -0.494 e. The lowest BCUT2D eigenvalue weighted by molar-refractivity contribution is -0.0418. The highest BCUT2D eigenvalue weighted by Gasteiger charge is 2.04. The van der Waals surface area contributed by atoms with E-state index in [1.807, 2.05) is 36.4 Å². The number of primary amides is 1. The fourth-order valence-corrected chi connectivity index (χ4v) is 2.00. The van der Waals surface area contributed by atoms with Crippen LogP contribution in [0.25, 0.3) is 11.1 Å². The van der Waals surface area contributed by atoms with Crippen LogP contribution in [0.1, 0.15) is 12.0 Å². The summed E-state index contributed by atoms with van der Waals surface area (Å²) < 4.78 is 5.53. The zero-order chi connectivity index (χ0) is 16.7. The standard InChI is InChI=1S/C17H17N3O3/c18-12-13-2-4-14(5-3-13)15-6-8-16(9-7-15)23-11-1-10-20(22)17(19)21/h2-9,22H,1,10-11H2,(H2,19,21). The molecule has 118 valence electrons. The van der Waals surface area contributed by atoms with E-state index >= 15 is 0 Å². The Morgan fingerprint density at radius 3 is 2.22 bits per heavy atom. The van der Waals surface area contributed by atoms with Crippen molar-refractivity contribution in [1.29, 1.82) is 5.26 Å². The van der Waals surface area contributed by atoms with E-state index in [2.05, 4.69) is 6.07 Å². The van der Waals surface area contributed by atoms with Crippen LogP contribution in [0.4, 0.5) is 4.79 Å². The maximum Gasteiger partial charge on any atom is 0.338 e. The van der Waals surface area contributed by atoms with Gasteiger partial charge in [-0.1, -0.05) is 24.3 Å². The first kappa shape index (κ1) is 16.3. The van der Waals surface area contributed by atoms with Gasteiger partial charge in [-0.3, -0.25) is 5.21 Å². The van der Waals surface area contributed by atoms with Gasteiger partial charge in [-0.25, -0.2) is 9.86 Å². The summed E-state index contributed by atoms with van der Waals surface area (Å²) in [4.78, 5) is 10.6. The van der Waals surface area contributed by atoms with Crippen LogP contribution < -0.4 is 10.5 Å². The summed E-state index contributed by atoms with van der Waals surface area (Å²) >= 11 is 0. The van der Waals surface area contributed by atoms with Crippen molar-refractivity contribution in [2.24, 2.45) is 5.73 Å². The van der Waals surface area contributed by atoms with Crippen molar-refractivity contribution < 1.29 is 14.7 Å². The van der Waals surface area contributed by atoms with Gasteiger partial charge >= 0.3 is 6.03 Å². The summed E-state index contributed by atoms with van der Waals surface area (Å²) in [7, 11) is 0. The van der Waals surface area contributed by atoms with E-state index in [-0.39, 0.29) is 6.54 Å². The van der Waals surface area contributed by atoms with Crippen molar-refractivity contribution >= 4 is 6.03 Å². The molecule has 3 N–H and O–H groups in total. The van der Waals surface area contributed by atoms with Crippen LogP contribution in [0, 0.1) is 11.3 Å². The van der Waals surface area contributed by atoms with Gasteiger partial charge in [0.1, 0.15) is 5.75 Å². The van der Waals surface area contributed by atoms with Gasteiger partial charge in [-0.05, 0) is 35.4 Å². The molecule has 0 aromatic heterocycles. The zero-order valence-corrected chi connectivity index (χ0v) is 12.5. The van der Waals surface area contributed by atoms with E-state index in [4.69, 9.17) is 20.9 Å². The Bertz CT molecular complexity index is 691. The fraction of sp³-hybridized carbons (Fsp3) is 0.176. The van der Waals surface area contributed by atoms with E-state index in [0.717, 1.165) is 11.1 Å². The fourth-order valence-electron chi connectivity index (χ4n) is 2.00. The second-order valence-corrected chi connectivity index (χ2v) is 4.88. The molecule has 6 heteroatoms. The van der Waals surface area contributed by atoms with E-state index < -0.39 is 6.03 Å². The molecule has 0 atom stereocenters. The number of rotatable bonds is 6. The molecular weight excluding hydrogens is 294 g/mol. The Morgan fingerprint density at radius 1 is 1.13 bits per heavy atom. The van der Waals surface area contributed by atoms with Crippen LogP contribution in [-0.2, 0) is 0 Å². The van der Waals surface area contributed by atoms with Gasteiger partial charge in [0.2, 0.25) is 0 Å². The van der Waals surface area contributed by atoms with E-state index in [1.165, 1.54) is 0 Å². The number of urea groups is 1. The minimum absolute atomic E-state index is 0.124. The Balaban J connectivity index is 1.87. The van der Waals surface area contributed by atoms with Crippen molar-refractivity contribution in [1.82, 2.24) is 5.06 Å². The Kier molecular flexibility index (Phi) is 5.56. The van der Waals surface area contributed by atoms with Crippen LogP contribution in [0.15, 0.2) is 48.5 Å². The Labute approximate surface area is 134 Å². The van der Waals surface area contributed by atoms with Crippen molar-refractivity contribution in [2.45, 2.75) is 6.42 Å². The summed E-state index contributed by atoms with van der Waals surface area (Å²) in [5, 5.41) is 18.4. The third-order valence-electron chi connectivity index (χ3n) is 3.24. The Morgan fingerprint density at radius 2 is 1.70 bits per heavy atom. The number of carbonyl (C=O) groups is 1. The molecule has 0 aliphatic heterocycles. The summed E-state index contributed by atoms with van der Waals surface area (Å²) in [6, 6.07) is 16.1. The smallest absolute Gasteiger partial charge is 0.338 e. The molecule has 0 heterocycles. The van der Waals surface area contributed by atoms with E-state index in [0.29, 0.717) is 29.4 Å². The molecule has 2 aromatic carbocycles. The number of hydrogen-bond donors (Lipinski definition) is 2. The first-order chi connectivity index (χ1) is 11.1. The SMILES string of the molecule is N#Cc1ccc(-c2ccc(OCCCN(O)C(N)=O)cc2)cc1. The molecule has 0 saturated carbocycles. The highest BCUT2D eigenvalue weighted by atomic mass is 16.5. The average Bonchev–Trinajstić information content (AvgIpc) is 2.59. The van der Waals surface area contributed by atoms with Gasteiger partial charge in [0.05, 0.1) is 24.8 Å². The van der Waals surface area contributed by atoms with Crippen molar-refractivity contribution in [3.8, 4) is 22.9 Å². The molecule has 0 unspecified atom stereocenters. The highest BCUT2D eigenvalue weighted by Crippen LogP contribution is 2.22. The zero-order valence-electron chi connectivity index (χ0n) is 12.5. The number of carbonyl (C=O) groups excluding carboxylic acids is 1. The maximum absolute atomic E-state index is 10.6. The van der Waals surface area contributed by atoms with Crippen LogP contribution in [0.3, 0.4) is 0 Å². The van der Waals surface area contributed by atoms with Crippen LogP contribution in [-0.4, -0.2) is 29.5 Å². The molecule has 0 radical (unpaired) electrons. The van der Waals surface area contributed by atoms with Gasteiger partial charge in [0.25, 0.3) is 0 Å². The average molecular weight is 311 g/mol. The monoisotopic (exact) mass is 311 g/mol. The predicted octanol–water partition coefficient (Wildman–Crippen LogP) is 2.76. The molecule has 0 fully saturated rings. The van der Waals surface area contributed by atoms with Crippen molar-refractivity contribution in [2.75, 3.05) is 13.2 Å². The Hall–Kier alpha value is -3.04. The first-order valence-electron chi connectivity index (χ1n) is 7.09. The molecule has 0 bridgehead atoms. The van der Waals surface area contributed by atoms with Crippen LogP contribution in [0.5, 0.6) is 5.75 Å². The molecule has 0 aliphatic rings. The number of nitriles is 1. The van der Waals surface area contributed by atoms with E-state index in [1.54, 1.807) is 12.1 Å². The molecule has 2 amide bonds. The maximum atomic E-state index is 10.6. The van der Waals surface area contributed by atoms with Crippen LogP contribution >= 0.6 is 0 Å². The third-order valence-corrected chi connectivity index (χ3v) is 3.24. The summed E-state index contributed by atoms with van der Waals surface area (Å²) in [6.07, 6.45) is 0.469. The normalized spacial score (nSPS) is 9.91. The molecule has 23 heavy (non-hydrogen) atoms. The number of ether oxygens (including phenoxy) is 1. The summed E-state index contributed by atoms with van der Waals surface area (Å²) in [5.41, 5.74) is 7.57. The molecule has 2 aromatic rings. The number of benzene rings is 2. The number of amides is 2. The van der Waals surface area contributed by atoms with Gasteiger partial charge in [0, 0.05) is 6.42 Å². The van der Waals surface area contributed by atoms with E-state index in [9.17, 15) is 4.79 Å². The summed E-state index contributed by atoms with van der Waals surface area (Å²) in [6.45, 7) is 0.485. The predicted molar refractivity (Wildman–Crippen MR) is 84.8 cm³/mol. The second kappa shape index (κ2) is 7.82. The highest BCUT2D eigenvalue weighted by molar-refractivity contribution is 5.70.